The van der Waals surface area contributed by atoms with Gasteiger partial charge in [-0.25, -0.2) is 0 Å². The lowest BCUT2D eigenvalue weighted by Gasteiger charge is -2.40. The summed E-state index contributed by atoms with van der Waals surface area (Å²) in [6.45, 7) is 8.62. The SMILES string of the molecule is Cc1noc(C)c1CN1CCCC2(CCN(C(=O)c3ccnnc3)C2)C1. The molecule has 0 N–H and O–H groups in total. The zero-order valence-corrected chi connectivity index (χ0v) is 15.4. The van der Waals surface area contributed by atoms with Gasteiger partial charge in [-0.05, 0) is 45.7 Å². The standard InChI is InChI=1S/C19H25N5O2/c1-14-17(15(2)26-22-14)11-23-8-3-5-19(12-23)6-9-24(13-19)18(25)16-4-7-20-21-10-16/h4,7,10H,3,5-6,8-9,11-13H2,1-2H3. The molecule has 0 saturated carbocycles. The van der Waals surface area contributed by atoms with Crippen molar-refractivity contribution >= 4 is 5.91 Å². The van der Waals surface area contributed by atoms with Gasteiger partial charge in [-0.1, -0.05) is 5.16 Å². The van der Waals surface area contributed by atoms with Crippen LogP contribution in [0.25, 0.3) is 0 Å². The zero-order valence-electron chi connectivity index (χ0n) is 15.4. The number of piperidine rings is 1. The Kier molecular flexibility index (Phi) is 4.48. The highest BCUT2D eigenvalue weighted by Gasteiger charge is 2.43. The van der Waals surface area contributed by atoms with E-state index in [0.29, 0.717) is 5.56 Å². The third kappa shape index (κ3) is 3.23. The van der Waals surface area contributed by atoms with E-state index in [1.807, 2.05) is 18.7 Å². The monoisotopic (exact) mass is 355 g/mol. The molecule has 2 fully saturated rings. The van der Waals surface area contributed by atoms with Crippen LogP contribution in [0.5, 0.6) is 0 Å². The molecule has 2 saturated heterocycles. The van der Waals surface area contributed by atoms with Gasteiger partial charge in [0, 0.05) is 37.2 Å². The molecule has 1 unspecified atom stereocenters. The Hall–Kier alpha value is -2.28. The summed E-state index contributed by atoms with van der Waals surface area (Å²) < 4.78 is 5.31. The minimum absolute atomic E-state index is 0.0691. The van der Waals surface area contributed by atoms with Crippen LogP contribution in [0.15, 0.2) is 23.0 Å². The highest BCUT2D eigenvalue weighted by atomic mass is 16.5. The van der Waals surface area contributed by atoms with Crippen LogP contribution < -0.4 is 0 Å². The molecule has 26 heavy (non-hydrogen) atoms. The topological polar surface area (TPSA) is 75.4 Å². The number of hydrogen-bond acceptors (Lipinski definition) is 6. The van der Waals surface area contributed by atoms with E-state index in [4.69, 9.17) is 4.52 Å². The predicted molar refractivity (Wildman–Crippen MR) is 95.5 cm³/mol. The van der Waals surface area contributed by atoms with Gasteiger partial charge in [0.2, 0.25) is 0 Å². The average Bonchev–Trinajstić information content (AvgIpc) is 3.20. The van der Waals surface area contributed by atoms with Crippen molar-refractivity contribution in [2.45, 2.75) is 39.7 Å². The minimum Gasteiger partial charge on any atom is -0.361 e. The third-order valence-electron chi connectivity index (χ3n) is 5.86. The molecule has 2 aromatic heterocycles. The molecular formula is C19H25N5O2. The van der Waals surface area contributed by atoms with Crippen molar-refractivity contribution in [3.8, 4) is 0 Å². The molecule has 2 aliphatic rings. The van der Waals surface area contributed by atoms with E-state index in [9.17, 15) is 4.79 Å². The molecule has 7 heteroatoms. The quantitative estimate of drug-likeness (QED) is 0.840. The number of carbonyl (C=O) groups excluding carboxylic acids is 1. The van der Waals surface area contributed by atoms with Crippen LogP contribution in [-0.4, -0.2) is 57.2 Å². The number of aromatic nitrogens is 3. The molecule has 2 aromatic rings. The Balaban J connectivity index is 1.43. The summed E-state index contributed by atoms with van der Waals surface area (Å²) in [5, 5.41) is 11.7. The Bertz CT molecular complexity index is 771. The molecule has 1 spiro atoms. The van der Waals surface area contributed by atoms with Gasteiger partial charge in [0.15, 0.2) is 0 Å². The van der Waals surface area contributed by atoms with Gasteiger partial charge < -0.3 is 9.42 Å². The lowest BCUT2D eigenvalue weighted by molar-refractivity contribution is 0.0674. The van der Waals surface area contributed by atoms with Crippen molar-refractivity contribution in [3.05, 3.63) is 41.0 Å². The Morgan fingerprint density at radius 3 is 2.85 bits per heavy atom. The van der Waals surface area contributed by atoms with Gasteiger partial charge in [-0.15, -0.1) is 0 Å². The lowest BCUT2D eigenvalue weighted by Crippen LogP contribution is -2.45. The normalized spacial score (nSPS) is 23.7. The molecule has 1 atom stereocenters. The van der Waals surface area contributed by atoms with E-state index >= 15 is 0 Å². The number of nitrogens with zero attached hydrogens (tertiary/aromatic N) is 5. The number of likely N-dealkylation sites (tertiary alicyclic amines) is 2. The second-order valence-electron chi connectivity index (χ2n) is 7.72. The third-order valence-corrected chi connectivity index (χ3v) is 5.86. The molecule has 4 rings (SSSR count). The second-order valence-corrected chi connectivity index (χ2v) is 7.72. The van der Waals surface area contributed by atoms with E-state index in [2.05, 4.69) is 20.3 Å². The van der Waals surface area contributed by atoms with E-state index < -0.39 is 0 Å². The van der Waals surface area contributed by atoms with Crippen LogP contribution in [0.3, 0.4) is 0 Å². The molecule has 1 amide bonds. The van der Waals surface area contributed by atoms with Crippen LogP contribution in [0, 0.1) is 19.3 Å². The van der Waals surface area contributed by atoms with Crippen molar-refractivity contribution in [1.29, 1.82) is 0 Å². The zero-order chi connectivity index (χ0) is 18.1. The molecule has 0 bridgehead atoms. The van der Waals surface area contributed by atoms with E-state index in [0.717, 1.165) is 50.6 Å². The van der Waals surface area contributed by atoms with Crippen molar-refractivity contribution in [1.82, 2.24) is 25.2 Å². The molecule has 7 nitrogen and oxygen atoms in total. The van der Waals surface area contributed by atoms with Crippen LogP contribution in [-0.2, 0) is 6.54 Å². The summed E-state index contributed by atoms with van der Waals surface area (Å²) in [5.74, 6) is 0.982. The second kappa shape index (κ2) is 6.79. The Labute approximate surface area is 153 Å². The predicted octanol–water partition coefficient (Wildman–Crippen LogP) is 2.21. The number of hydrogen-bond donors (Lipinski definition) is 0. The van der Waals surface area contributed by atoms with Gasteiger partial charge in [-0.3, -0.25) is 9.69 Å². The first-order chi connectivity index (χ1) is 12.6. The Morgan fingerprint density at radius 2 is 2.12 bits per heavy atom. The van der Waals surface area contributed by atoms with Crippen LogP contribution in [0.1, 0.15) is 46.6 Å². The molecule has 0 aromatic carbocycles. The number of carbonyl (C=O) groups is 1. The van der Waals surface area contributed by atoms with E-state index in [-0.39, 0.29) is 11.3 Å². The van der Waals surface area contributed by atoms with Gasteiger partial charge in [0.05, 0.1) is 23.7 Å². The molecule has 0 radical (unpaired) electrons. The number of aryl methyl sites for hydroxylation is 2. The Morgan fingerprint density at radius 1 is 1.23 bits per heavy atom. The highest BCUT2D eigenvalue weighted by molar-refractivity contribution is 5.94. The van der Waals surface area contributed by atoms with Crippen LogP contribution in [0.2, 0.25) is 0 Å². The van der Waals surface area contributed by atoms with Crippen LogP contribution in [0.4, 0.5) is 0 Å². The van der Waals surface area contributed by atoms with Gasteiger partial charge in [0.25, 0.3) is 5.91 Å². The summed E-state index contributed by atoms with van der Waals surface area (Å²) in [7, 11) is 0. The van der Waals surface area contributed by atoms with Gasteiger partial charge >= 0.3 is 0 Å². The summed E-state index contributed by atoms with van der Waals surface area (Å²) in [5.41, 5.74) is 3.01. The molecule has 2 aliphatic heterocycles. The summed E-state index contributed by atoms with van der Waals surface area (Å²) in [6.07, 6.45) is 6.55. The maximum atomic E-state index is 12.7. The van der Waals surface area contributed by atoms with Crippen LogP contribution >= 0.6 is 0 Å². The van der Waals surface area contributed by atoms with Crippen molar-refractivity contribution in [2.75, 3.05) is 26.2 Å². The molecular weight excluding hydrogens is 330 g/mol. The van der Waals surface area contributed by atoms with Crippen molar-refractivity contribution < 1.29 is 9.32 Å². The summed E-state index contributed by atoms with van der Waals surface area (Å²) >= 11 is 0. The first kappa shape index (κ1) is 17.1. The number of rotatable bonds is 3. The van der Waals surface area contributed by atoms with Gasteiger partial charge in [0.1, 0.15) is 5.76 Å². The average molecular weight is 355 g/mol. The fourth-order valence-corrected chi connectivity index (χ4v) is 4.44. The molecule has 138 valence electrons. The summed E-state index contributed by atoms with van der Waals surface area (Å²) in [4.78, 5) is 17.2. The van der Waals surface area contributed by atoms with Crippen molar-refractivity contribution in [2.24, 2.45) is 5.41 Å². The summed E-state index contributed by atoms with van der Waals surface area (Å²) in [6, 6.07) is 1.74. The fourth-order valence-electron chi connectivity index (χ4n) is 4.44. The first-order valence-corrected chi connectivity index (χ1v) is 9.26. The molecule has 4 heterocycles. The van der Waals surface area contributed by atoms with Gasteiger partial charge in [-0.2, -0.15) is 10.2 Å². The van der Waals surface area contributed by atoms with E-state index in [1.165, 1.54) is 18.4 Å². The smallest absolute Gasteiger partial charge is 0.255 e. The largest absolute Gasteiger partial charge is 0.361 e. The van der Waals surface area contributed by atoms with Crippen molar-refractivity contribution in [3.63, 3.8) is 0 Å². The fraction of sp³-hybridized carbons (Fsp3) is 0.579. The van der Waals surface area contributed by atoms with E-state index in [1.54, 1.807) is 18.5 Å². The highest BCUT2D eigenvalue weighted by Crippen LogP contribution is 2.40. The molecule has 0 aliphatic carbocycles. The number of amides is 1. The maximum Gasteiger partial charge on any atom is 0.255 e. The lowest BCUT2D eigenvalue weighted by atomic mass is 9.79. The first-order valence-electron chi connectivity index (χ1n) is 9.26. The minimum atomic E-state index is 0.0691. The maximum absolute atomic E-state index is 12.7.